The standard InChI is InChI=1S/C22H33N5O8/c1-12-9-27(20(31)24-17(12)28)16-8-14(25-26-23)15(34-16)11-32-18(29)13(10-33-21(2,3)4)19(30)35-22(5,6)7/h9,13-16H,8,10-11H2,1-7H3,(H,24,28,31)/t13-,14-,15+,16+/m0/s1. The van der Waals surface area contributed by atoms with Gasteiger partial charge in [-0.15, -0.1) is 0 Å². The van der Waals surface area contributed by atoms with Crippen LogP contribution in [0.4, 0.5) is 0 Å². The third-order valence-electron chi connectivity index (χ3n) is 4.91. The highest BCUT2D eigenvalue weighted by Crippen LogP contribution is 2.30. The Balaban J connectivity index is 2.16. The van der Waals surface area contributed by atoms with Crippen LogP contribution in [-0.2, 0) is 28.5 Å². The maximum absolute atomic E-state index is 12.8. The van der Waals surface area contributed by atoms with Gasteiger partial charge in [0.2, 0.25) is 0 Å². The predicted molar refractivity (Wildman–Crippen MR) is 124 cm³/mol. The Morgan fingerprint density at radius 3 is 2.46 bits per heavy atom. The number of H-pyrrole nitrogens is 1. The number of azide groups is 1. The molecule has 0 amide bonds. The Bertz CT molecular complexity index is 1090. The summed E-state index contributed by atoms with van der Waals surface area (Å²) in [6.45, 7) is 11.3. The van der Waals surface area contributed by atoms with Crippen molar-refractivity contribution < 1.29 is 28.5 Å². The SMILES string of the molecule is Cc1cn([C@H]2C[C@H](N=[N+]=[N-])[C@@H](COC(=O)[C@H](COC(C)(C)C)C(=O)OC(C)(C)C)O2)c(=O)[nH]c1=O. The van der Waals surface area contributed by atoms with Crippen molar-refractivity contribution in [1.82, 2.24) is 9.55 Å². The van der Waals surface area contributed by atoms with Crippen LogP contribution in [0.5, 0.6) is 0 Å². The van der Waals surface area contributed by atoms with E-state index in [1.165, 1.54) is 17.7 Å². The van der Waals surface area contributed by atoms with Crippen molar-refractivity contribution in [2.45, 2.75) is 84.5 Å². The molecule has 0 radical (unpaired) electrons. The molecule has 4 atom stereocenters. The van der Waals surface area contributed by atoms with Crippen molar-refractivity contribution in [3.63, 3.8) is 0 Å². The van der Waals surface area contributed by atoms with Crippen LogP contribution in [0.15, 0.2) is 20.9 Å². The predicted octanol–water partition coefficient (Wildman–Crippen LogP) is 2.13. The van der Waals surface area contributed by atoms with Gasteiger partial charge < -0.3 is 18.9 Å². The van der Waals surface area contributed by atoms with Gasteiger partial charge in [0.15, 0.2) is 5.92 Å². The molecule has 1 aromatic rings. The van der Waals surface area contributed by atoms with Crippen LogP contribution in [0.2, 0.25) is 0 Å². The molecule has 0 aromatic carbocycles. The van der Waals surface area contributed by atoms with Gasteiger partial charge in [0.25, 0.3) is 5.56 Å². The molecule has 1 N–H and O–H groups in total. The first-order chi connectivity index (χ1) is 16.1. The van der Waals surface area contributed by atoms with Gasteiger partial charge in [-0.25, -0.2) is 4.79 Å². The number of carbonyl (C=O) groups excluding carboxylic acids is 2. The Kier molecular flexibility index (Phi) is 8.88. The van der Waals surface area contributed by atoms with Crippen molar-refractivity contribution in [3.05, 3.63) is 43.0 Å². The van der Waals surface area contributed by atoms with Gasteiger partial charge in [-0.05, 0) is 54.0 Å². The lowest BCUT2D eigenvalue weighted by Crippen LogP contribution is -2.39. The quantitative estimate of drug-likeness (QED) is 0.187. The second-order valence-electron chi connectivity index (χ2n) is 10.3. The highest BCUT2D eigenvalue weighted by Gasteiger charge is 2.39. The highest BCUT2D eigenvalue weighted by molar-refractivity contribution is 5.95. The molecule has 1 aromatic heterocycles. The van der Waals surface area contributed by atoms with E-state index in [4.69, 9.17) is 24.5 Å². The largest absolute Gasteiger partial charge is 0.462 e. The fourth-order valence-corrected chi connectivity index (χ4v) is 3.23. The van der Waals surface area contributed by atoms with E-state index in [-0.39, 0.29) is 19.6 Å². The van der Waals surface area contributed by atoms with Crippen LogP contribution >= 0.6 is 0 Å². The first kappa shape index (κ1) is 28.1. The van der Waals surface area contributed by atoms with E-state index < -0.39 is 58.7 Å². The molecule has 0 saturated carbocycles. The summed E-state index contributed by atoms with van der Waals surface area (Å²) in [6.07, 6.45) is -0.291. The molecule has 1 fully saturated rings. The molecule has 13 heteroatoms. The van der Waals surface area contributed by atoms with E-state index >= 15 is 0 Å². The molecule has 0 unspecified atom stereocenters. The van der Waals surface area contributed by atoms with Crippen LogP contribution < -0.4 is 11.2 Å². The number of nitrogens with zero attached hydrogens (tertiary/aromatic N) is 4. The normalized spacial score (nSPS) is 21.2. The first-order valence-electron chi connectivity index (χ1n) is 11.2. The summed E-state index contributed by atoms with van der Waals surface area (Å²) in [6, 6.07) is -0.761. The number of aromatic nitrogens is 2. The molecular formula is C22H33N5O8. The summed E-state index contributed by atoms with van der Waals surface area (Å²) in [7, 11) is 0. The molecular weight excluding hydrogens is 462 g/mol. The molecule has 0 aliphatic carbocycles. The lowest BCUT2D eigenvalue weighted by molar-refractivity contribution is -0.176. The van der Waals surface area contributed by atoms with Crippen molar-refractivity contribution >= 4 is 11.9 Å². The van der Waals surface area contributed by atoms with E-state index in [1.807, 2.05) is 0 Å². The fourth-order valence-electron chi connectivity index (χ4n) is 3.23. The smallest absolute Gasteiger partial charge is 0.330 e. The number of hydrogen-bond acceptors (Lipinski definition) is 9. The van der Waals surface area contributed by atoms with Crippen molar-refractivity contribution in [2.75, 3.05) is 13.2 Å². The molecule has 35 heavy (non-hydrogen) atoms. The molecule has 194 valence electrons. The summed E-state index contributed by atoms with van der Waals surface area (Å²) >= 11 is 0. The molecule has 2 rings (SSSR count). The van der Waals surface area contributed by atoms with E-state index in [9.17, 15) is 19.2 Å². The molecule has 13 nitrogen and oxygen atoms in total. The van der Waals surface area contributed by atoms with E-state index in [1.54, 1.807) is 41.5 Å². The zero-order valence-electron chi connectivity index (χ0n) is 21.1. The third-order valence-corrected chi connectivity index (χ3v) is 4.91. The number of aryl methyl sites for hydroxylation is 1. The molecule has 0 bridgehead atoms. The fraction of sp³-hybridized carbons (Fsp3) is 0.727. The number of ether oxygens (including phenoxy) is 4. The number of hydrogen-bond donors (Lipinski definition) is 1. The van der Waals surface area contributed by atoms with Crippen LogP contribution in [0.1, 0.15) is 59.8 Å². The summed E-state index contributed by atoms with van der Waals surface area (Å²) in [4.78, 5) is 54.3. The number of nitrogens with one attached hydrogen (secondary N) is 1. The maximum atomic E-state index is 12.8. The number of rotatable bonds is 8. The van der Waals surface area contributed by atoms with Gasteiger partial charge >= 0.3 is 17.6 Å². The maximum Gasteiger partial charge on any atom is 0.330 e. The molecule has 2 heterocycles. The average Bonchev–Trinajstić information content (AvgIpc) is 3.10. The Labute approximate surface area is 202 Å². The second-order valence-corrected chi connectivity index (χ2v) is 10.3. The number of esters is 2. The minimum absolute atomic E-state index is 0.111. The third kappa shape index (κ3) is 8.23. The summed E-state index contributed by atoms with van der Waals surface area (Å²) in [5.74, 6) is -3.01. The summed E-state index contributed by atoms with van der Waals surface area (Å²) in [5.41, 5.74) is 6.58. The van der Waals surface area contributed by atoms with Gasteiger partial charge in [0, 0.05) is 23.1 Å². The topological polar surface area (TPSA) is 175 Å². The van der Waals surface area contributed by atoms with E-state index in [2.05, 4.69) is 15.0 Å². The summed E-state index contributed by atoms with van der Waals surface area (Å²) < 4.78 is 23.3. The van der Waals surface area contributed by atoms with Gasteiger partial charge in [0.1, 0.15) is 24.5 Å². The summed E-state index contributed by atoms with van der Waals surface area (Å²) in [5, 5.41) is 3.69. The zero-order valence-corrected chi connectivity index (χ0v) is 21.1. The first-order valence-corrected chi connectivity index (χ1v) is 11.2. The number of carbonyl (C=O) groups is 2. The molecule has 1 saturated heterocycles. The van der Waals surface area contributed by atoms with Crippen molar-refractivity contribution in [2.24, 2.45) is 11.0 Å². The van der Waals surface area contributed by atoms with Crippen LogP contribution in [0.3, 0.4) is 0 Å². The van der Waals surface area contributed by atoms with Crippen LogP contribution in [0, 0.1) is 12.8 Å². The van der Waals surface area contributed by atoms with Gasteiger partial charge in [-0.3, -0.25) is 23.9 Å². The van der Waals surface area contributed by atoms with Crippen molar-refractivity contribution in [1.29, 1.82) is 0 Å². The lowest BCUT2D eigenvalue weighted by Gasteiger charge is -2.26. The molecule has 1 aliphatic heterocycles. The molecule has 1 aliphatic rings. The van der Waals surface area contributed by atoms with Gasteiger partial charge in [0.05, 0.1) is 18.2 Å². The zero-order chi connectivity index (χ0) is 26.6. The van der Waals surface area contributed by atoms with E-state index in [0.717, 1.165) is 0 Å². The molecule has 0 spiro atoms. The van der Waals surface area contributed by atoms with Gasteiger partial charge in [-0.2, -0.15) is 0 Å². The Hall–Kier alpha value is -3.15. The van der Waals surface area contributed by atoms with Gasteiger partial charge in [-0.1, -0.05) is 5.11 Å². The van der Waals surface area contributed by atoms with E-state index in [0.29, 0.717) is 5.56 Å². The second kappa shape index (κ2) is 11.1. The Morgan fingerprint density at radius 1 is 1.23 bits per heavy atom. The highest BCUT2D eigenvalue weighted by atomic mass is 16.6. The number of aromatic amines is 1. The van der Waals surface area contributed by atoms with Crippen LogP contribution in [-0.4, -0.2) is 58.1 Å². The minimum atomic E-state index is -1.34. The van der Waals surface area contributed by atoms with Crippen molar-refractivity contribution in [3.8, 4) is 0 Å². The minimum Gasteiger partial charge on any atom is -0.462 e. The Morgan fingerprint density at radius 2 is 1.89 bits per heavy atom. The average molecular weight is 496 g/mol. The lowest BCUT2D eigenvalue weighted by atomic mass is 10.1. The van der Waals surface area contributed by atoms with Crippen LogP contribution in [0.25, 0.3) is 10.4 Å². The monoisotopic (exact) mass is 495 g/mol.